The zero-order valence-electron chi connectivity index (χ0n) is 5.95. The molecule has 0 amide bonds. The standard InChI is InChI=1S/C7H6FNO3/c8-6-4(7(10)11)2-1-3-5(6)9-12/h1-3H,9H2,(H,10,11). The summed E-state index contributed by atoms with van der Waals surface area (Å²) in [6.45, 7) is 0. The molecule has 64 valence electrons. The highest BCUT2D eigenvalue weighted by Crippen LogP contribution is 2.12. The average molecular weight is 171 g/mol. The molecule has 0 bridgehead atoms. The number of benzene rings is 1. The van der Waals surface area contributed by atoms with Crippen molar-refractivity contribution in [3.8, 4) is 0 Å². The van der Waals surface area contributed by atoms with Crippen molar-refractivity contribution in [3.05, 3.63) is 34.8 Å². The zero-order valence-corrected chi connectivity index (χ0v) is 5.95. The van der Waals surface area contributed by atoms with E-state index in [1.807, 2.05) is 0 Å². The number of halogens is 1. The van der Waals surface area contributed by atoms with Crippen LogP contribution in [0.5, 0.6) is 0 Å². The first-order valence-electron chi connectivity index (χ1n) is 3.14. The third kappa shape index (κ3) is 1.41. The fourth-order valence-electron chi connectivity index (χ4n) is 0.806. The van der Waals surface area contributed by atoms with Crippen LogP contribution in [0.25, 0.3) is 0 Å². The molecule has 0 aliphatic carbocycles. The van der Waals surface area contributed by atoms with Crippen LogP contribution in [0.2, 0.25) is 0 Å². The van der Waals surface area contributed by atoms with E-state index in [1.54, 1.807) is 0 Å². The van der Waals surface area contributed by atoms with Gasteiger partial charge in [-0.25, -0.2) is 4.79 Å². The Hall–Kier alpha value is -1.46. The molecule has 0 heterocycles. The van der Waals surface area contributed by atoms with Crippen LogP contribution in [0.4, 0.5) is 10.1 Å². The Labute approximate surface area is 67.2 Å². The molecule has 0 unspecified atom stereocenters. The molecule has 0 atom stereocenters. The van der Waals surface area contributed by atoms with Gasteiger partial charge in [0.25, 0.3) is 0 Å². The molecule has 1 aromatic rings. The maximum Gasteiger partial charge on any atom is 0.338 e. The van der Waals surface area contributed by atoms with Crippen LogP contribution in [-0.4, -0.2) is 11.1 Å². The fraction of sp³-hybridized carbons (Fsp3) is 0. The molecule has 0 spiro atoms. The van der Waals surface area contributed by atoms with E-state index in [1.165, 1.54) is 12.1 Å². The van der Waals surface area contributed by atoms with Gasteiger partial charge in [0, 0.05) is 6.07 Å². The summed E-state index contributed by atoms with van der Waals surface area (Å²) in [5, 5.41) is 18.6. The van der Waals surface area contributed by atoms with Crippen molar-refractivity contribution >= 4 is 11.7 Å². The van der Waals surface area contributed by atoms with E-state index >= 15 is 0 Å². The highest BCUT2D eigenvalue weighted by Gasteiger charge is 2.14. The Balaban J connectivity index is 3.23. The number of carboxylic acid groups (broad SMARTS) is 1. The number of quaternary nitrogens is 1. The van der Waals surface area contributed by atoms with Gasteiger partial charge in [-0.15, -0.1) is 0 Å². The number of rotatable bonds is 2. The largest absolute Gasteiger partial charge is 0.630 e. The zero-order chi connectivity index (χ0) is 9.14. The lowest BCUT2D eigenvalue weighted by atomic mass is 10.2. The van der Waals surface area contributed by atoms with Crippen molar-refractivity contribution < 1.29 is 19.8 Å². The molecule has 5 heteroatoms. The fourth-order valence-corrected chi connectivity index (χ4v) is 0.806. The summed E-state index contributed by atoms with van der Waals surface area (Å²) in [6.07, 6.45) is 0. The van der Waals surface area contributed by atoms with Crippen molar-refractivity contribution in [2.45, 2.75) is 0 Å². The molecular weight excluding hydrogens is 165 g/mol. The van der Waals surface area contributed by atoms with E-state index in [0.717, 1.165) is 6.07 Å². The van der Waals surface area contributed by atoms with Crippen LogP contribution >= 0.6 is 0 Å². The van der Waals surface area contributed by atoms with Crippen molar-refractivity contribution in [1.82, 2.24) is 0 Å². The molecule has 0 saturated carbocycles. The van der Waals surface area contributed by atoms with E-state index in [9.17, 15) is 14.4 Å². The van der Waals surface area contributed by atoms with Gasteiger partial charge >= 0.3 is 5.97 Å². The van der Waals surface area contributed by atoms with Gasteiger partial charge in [0.1, 0.15) is 5.56 Å². The molecular formula is C7H6FNO3. The lowest BCUT2D eigenvalue weighted by Gasteiger charge is -2.03. The van der Waals surface area contributed by atoms with Gasteiger partial charge in [0.05, 0.1) is 0 Å². The van der Waals surface area contributed by atoms with Crippen molar-refractivity contribution in [3.63, 3.8) is 0 Å². The maximum atomic E-state index is 12.9. The smallest absolute Gasteiger partial charge is 0.338 e. The van der Waals surface area contributed by atoms with E-state index in [2.05, 4.69) is 0 Å². The van der Waals surface area contributed by atoms with Crippen LogP contribution in [-0.2, 0) is 0 Å². The Morgan fingerprint density at radius 2 is 2.25 bits per heavy atom. The predicted octanol–water partition coefficient (Wildman–Crippen LogP) is 0.217. The highest BCUT2D eigenvalue weighted by atomic mass is 19.1. The predicted molar refractivity (Wildman–Crippen MR) is 38.3 cm³/mol. The average Bonchev–Trinajstić information content (AvgIpc) is 2.04. The minimum Gasteiger partial charge on any atom is -0.630 e. The second-order valence-electron chi connectivity index (χ2n) is 2.13. The van der Waals surface area contributed by atoms with Gasteiger partial charge in [-0.05, 0) is 6.07 Å². The Morgan fingerprint density at radius 1 is 1.58 bits per heavy atom. The monoisotopic (exact) mass is 171 g/mol. The van der Waals surface area contributed by atoms with Gasteiger partial charge in [-0.2, -0.15) is 4.39 Å². The van der Waals surface area contributed by atoms with Gasteiger partial charge in [-0.1, -0.05) is 6.07 Å². The highest BCUT2D eigenvalue weighted by molar-refractivity contribution is 5.88. The lowest BCUT2D eigenvalue weighted by molar-refractivity contribution is -0.499. The first-order valence-corrected chi connectivity index (χ1v) is 3.14. The third-order valence-corrected chi connectivity index (χ3v) is 1.39. The molecule has 0 fully saturated rings. The number of carbonyl (C=O) groups is 1. The molecule has 0 radical (unpaired) electrons. The third-order valence-electron chi connectivity index (χ3n) is 1.39. The topological polar surface area (TPSA) is 77.0 Å². The first-order chi connectivity index (χ1) is 5.66. The minimum absolute atomic E-state index is 0.241. The molecule has 0 saturated heterocycles. The molecule has 3 N–H and O–H groups in total. The van der Waals surface area contributed by atoms with Crippen molar-refractivity contribution in [1.29, 1.82) is 0 Å². The SMILES string of the molecule is O=C(O)c1cccc([NH2+][O-])c1F. The summed E-state index contributed by atoms with van der Waals surface area (Å²) in [5.41, 5.74) is -0.448. The maximum absolute atomic E-state index is 12.9. The Morgan fingerprint density at radius 3 is 2.75 bits per heavy atom. The van der Waals surface area contributed by atoms with E-state index < -0.39 is 17.3 Å². The van der Waals surface area contributed by atoms with Crippen molar-refractivity contribution in [2.75, 3.05) is 0 Å². The summed E-state index contributed by atoms with van der Waals surface area (Å²) < 4.78 is 12.9. The minimum atomic E-state index is -1.38. The summed E-state index contributed by atoms with van der Waals surface area (Å²) in [5.74, 6) is -2.36. The first kappa shape index (κ1) is 8.63. The Kier molecular flexibility index (Phi) is 2.37. The summed E-state index contributed by atoms with van der Waals surface area (Å²) >= 11 is 0. The number of carboxylic acids is 1. The van der Waals surface area contributed by atoms with Gasteiger partial charge in [-0.3, -0.25) is 0 Å². The van der Waals surface area contributed by atoms with Gasteiger partial charge in [0.15, 0.2) is 11.5 Å². The molecule has 12 heavy (non-hydrogen) atoms. The summed E-state index contributed by atoms with van der Waals surface area (Å²) in [4.78, 5) is 10.3. The summed E-state index contributed by atoms with van der Waals surface area (Å²) in [6, 6.07) is 3.63. The second-order valence-corrected chi connectivity index (χ2v) is 2.13. The number of hydrogen-bond acceptors (Lipinski definition) is 2. The quantitative estimate of drug-likeness (QED) is 0.493. The van der Waals surface area contributed by atoms with Gasteiger partial charge < -0.3 is 15.8 Å². The van der Waals surface area contributed by atoms with Crippen LogP contribution in [0.1, 0.15) is 10.4 Å². The van der Waals surface area contributed by atoms with Crippen LogP contribution in [0.3, 0.4) is 0 Å². The second kappa shape index (κ2) is 3.29. The molecule has 4 nitrogen and oxygen atoms in total. The number of hydrogen-bond donors (Lipinski definition) is 2. The van der Waals surface area contributed by atoms with Crippen molar-refractivity contribution in [2.24, 2.45) is 0 Å². The van der Waals surface area contributed by atoms with Crippen LogP contribution < -0.4 is 5.48 Å². The Bertz CT molecular complexity index is 314. The summed E-state index contributed by atoms with van der Waals surface area (Å²) in [7, 11) is 0. The number of nitrogens with two attached hydrogens (primary N) is 1. The van der Waals surface area contributed by atoms with Gasteiger partial charge in [0.2, 0.25) is 0 Å². The normalized spacial score (nSPS) is 9.83. The van der Waals surface area contributed by atoms with E-state index in [4.69, 9.17) is 5.11 Å². The molecule has 0 aromatic heterocycles. The van der Waals surface area contributed by atoms with E-state index in [0.29, 0.717) is 0 Å². The van der Waals surface area contributed by atoms with Crippen LogP contribution in [0, 0.1) is 11.0 Å². The number of aromatic carboxylic acids is 1. The van der Waals surface area contributed by atoms with Crippen LogP contribution in [0.15, 0.2) is 18.2 Å². The molecule has 0 aliphatic heterocycles. The molecule has 0 aliphatic rings. The van der Waals surface area contributed by atoms with E-state index in [-0.39, 0.29) is 11.2 Å². The molecule has 1 rings (SSSR count). The molecule has 1 aromatic carbocycles. The lowest BCUT2D eigenvalue weighted by Crippen LogP contribution is -2.70.